The molecule has 5 fully saturated rings. The Labute approximate surface area is 914 Å². The molecule has 10 N–H and O–H groups in total. The molecule has 1 saturated carbocycles. The summed E-state index contributed by atoms with van der Waals surface area (Å²) in [5, 5.41) is 49.1. The van der Waals surface area contributed by atoms with Crippen LogP contribution in [0.15, 0.2) is 158 Å². The van der Waals surface area contributed by atoms with Crippen LogP contribution in [0.4, 0.5) is 66.1 Å². The molecule has 4 atom stereocenters. The number of ether oxygens (including phenoxy) is 3. The van der Waals surface area contributed by atoms with Gasteiger partial charge in [0.15, 0.2) is 0 Å². The first kappa shape index (κ1) is 131. The number of amides is 3. The van der Waals surface area contributed by atoms with Crippen LogP contribution in [-0.2, 0) is 83.0 Å². The number of alkyl carbamates (subject to hydrolysis) is 3. The summed E-state index contributed by atoms with van der Waals surface area (Å²) in [6, 6.07) is 35.9. The monoisotopic (exact) mass is 2320 g/mol. The van der Waals surface area contributed by atoms with Gasteiger partial charge in [0.1, 0.15) is 68.4 Å². The fourth-order valence-electron chi connectivity index (χ4n) is 15.5. The van der Waals surface area contributed by atoms with Crippen molar-refractivity contribution in [3.05, 3.63) is 246 Å². The molecule has 14 rings (SSSR count). The number of nitrogens with one attached hydrogen (secondary N) is 5. The first-order chi connectivity index (χ1) is 69.9. The molecule has 9 aromatic rings. The maximum Gasteiger partial charge on any atom is 0.407 e. The molecule has 1 aliphatic carbocycles. The summed E-state index contributed by atoms with van der Waals surface area (Å²) < 4.78 is 89.7. The number of nitrogens with zero attached hydrogens (tertiary/aromatic N) is 17. The predicted molar refractivity (Wildman–Crippen MR) is 585 cm³/mol. The van der Waals surface area contributed by atoms with Crippen molar-refractivity contribution < 1.29 is 95.6 Å². The van der Waals surface area contributed by atoms with Crippen molar-refractivity contribution in [1.82, 2.24) is 75.2 Å². The van der Waals surface area contributed by atoms with Crippen LogP contribution < -0.4 is 56.5 Å². The van der Waals surface area contributed by atoms with E-state index < -0.39 is 66.8 Å². The number of anilines is 6. The molecule has 0 bridgehead atoms. The van der Waals surface area contributed by atoms with E-state index in [0.717, 1.165) is 126 Å². The number of hydrogen-bond acceptors (Lipinski definition) is 35. The van der Waals surface area contributed by atoms with Gasteiger partial charge >= 0.3 is 18.3 Å². The molecule has 4 aromatic carbocycles. The van der Waals surface area contributed by atoms with Gasteiger partial charge < -0.3 is 73.8 Å². The predicted octanol–water partition coefficient (Wildman–Crippen LogP) is 17.4. The minimum atomic E-state index is -3.27. The number of piperidine rings is 4. The number of nitrogen functional groups attached to an aromatic ring is 2. The number of aromatic nitrogens is 10. The maximum absolute atomic E-state index is 12.1. The van der Waals surface area contributed by atoms with Gasteiger partial charge in [0.05, 0.1) is 32.0 Å². The van der Waals surface area contributed by atoms with Crippen molar-refractivity contribution in [2.24, 2.45) is 0 Å². The van der Waals surface area contributed by atoms with Gasteiger partial charge in [-0.05, 0) is 217 Å². The average Bonchev–Trinajstić information content (AvgIpc) is 0.827. The number of nitrogens with two attached hydrogens (primary N) is 2. The number of nitro benzene ring substituents is 3. The number of carbonyl (C=O) groups is 3. The van der Waals surface area contributed by atoms with Crippen LogP contribution in [0.3, 0.4) is 0 Å². The van der Waals surface area contributed by atoms with Gasteiger partial charge in [-0.1, -0.05) is 118 Å². The minimum Gasteiger partial charge on any atom is -0.444 e. The third kappa shape index (κ3) is 52.1. The summed E-state index contributed by atoms with van der Waals surface area (Å²) in [6.45, 7) is 27.9. The van der Waals surface area contributed by atoms with Crippen molar-refractivity contribution in [1.29, 1.82) is 0 Å². The Morgan fingerprint density at radius 2 is 0.700 bits per heavy atom. The molecule has 150 heavy (non-hydrogen) atoms. The molecule has 5 aliphatic rings. The Kier molecular flexibility index (Phi) is 57.4. The second-order valence-electron chi connectivity index (χ2n) is 37.7. The number of para-hydroxylation sites is 5. The van der Waals surface area contributed by atoms with E-state index in [1.807, 2.05) is 124 Å². The molecule has 5 aromatic heterocycles. The van der Waals surface area contributed by atoms with Gasteiger partial charge in [-0.2, -0.15) is 0 Å². The molecule has 3 amide bonds. The van der Waals surface area contributed by atoms with E-state index in [4.69, 9.17) is 76.3 Å². The zero-order valence-electron chi connectivity index (χ0n) is 87.2. The summed E-state index contributed by atoms with van der Waals surface area (Å²) in [6.07, 6.45) is 23.0. The van der Waals surface area contributed by atoms with Crippen molar-refractivity contribution >= 4 is 145 Å². The van der Waals surface area contributed by atoms with E-state index in [0.29, 0.717) is 97.5 Å². The van der Waals surface area contributed by atoms with Gasteiger partial charge in [0.25, 0.3) is 17.1 Å². The van der Waals surface area contributed by atoms with Crippen LogP contribution in [-0.4, -0.2) is 237 Å². The maximum atomic E-state index is 12.1. The number of benzene rings is 4. The van der Waals surface area contributed by atoms with Crippen LogP contribution >= 0.6 is 45.5 Å². The molecule has 9 heterocycles. The fraction of sp³-hybridized carbons (Fsp3) is 0.515. The molecule has 4 unspecified atom stereocenters. The van der Waals surface area contributed by atoms with Gasteiger partial charge in [-0.3, -0.25) is 30.3 Å². The molecular weight excluding hydrogens is 2170 g/mol. The fourth-order valence-corrected chi connectivity index (χ4v) is 19.7. The average molecular weight is 2320 g/mol. The Balaban J connectivity index is 0.000000459. The Morgan fingerprint density at radius 3 is 1.01 bits per heavy atom. The quantitative estimate of drug-likeness (QED) is 0.00287. The van der Waals surface area contributed by atoms with Crippen molar-refractivity contribution in [2.75, 3.05) is 108 Å². The van der Waals surface area contributed by atoms with E-state index in [2.05, 4.69) is 89.9 Å². The molecule has 0 spiro atoms. The van der Waals surface area contributed by atoms with Crippen LogP contribution in [0.5, 0.6) is 0 Å². The van der Waals surface area contributed by atoms with Crippen LogP contribution in [0.1, 0.15) is 221 Å². The first-order valence-electron chi connectivity index (χ1n) is 48.6. The van der Waals surface area contributed by atoms with E-state index in [1.165, 1.54) is 49.7 Å². The normalized spacial score (nSPS) is 16.1. The molecular formula is C99H145Cl4N24O19PdS3-. The standard InChI is InChI=1S/C21H27N5O4.C19H25N5O4S.C19H27N5O2S.C14H21ClN4O2.C11H21NO2.C6H6N2O2.C4H2Cl2N2.C3H7ClO2S.CH4O.CH3.Pd.H2/c1-21(2,3)30-20(27)23-16-8-6-12-25(14-16)19-10-11-22-18(24-19)13-15-7-4-5-9-17(15)26(28)29;1-2-12-29(27,28)22-16-7-5-11-23(14-16)19-9-10-20-18(21-19)13-15-6-3-4-8-17(15)24(25)26;1-2-12-27(25,26)23-16-7-5-11-24(14-16)19-9-10-21-18(22-19)13-15-6-3-4-8-17(15)20;1-14(2,3)21-13(20)17-10-5-4-8-19(9-10)11-6-7-16-12(15)18-11;1-11(2,3)14-10(13)12-9-7-5-4-6-8-9;7-5-3-1-2-4-6(5)8(9)10;5-3-1-2-7-4(6)8-3;1-2-3-7(4,5)6;1-2;;;/h4-5,7,9-11,16H,6,8,12-14H2,1-3H3,(H,23,27);3-4,6,8-10,16,22H,2,5,7,11-14H2,1H3;3-4,6,8-10,16,23H,2,5,7,11-14,20H2,1H3;6-7,10H,4-5,8-9H2,1-3H3,(H,17,20);9H,4-8H2,1-3H3,(H,12,13);1-4H,7H2;1-2H;2-3H2,1H3;2H,1H3;1H3;;1H/q;;;;;;;;;-1;;. The molecule has 51 heteroatoms. The summed E-state index contributed by atoms with van der Waals surface area (Å²) in [5.41, 5.74) is 13.0. The van der Waals surface area contributed by atoms with Crippen LogP contribution in [0.2, 0.25) is 15.7 Å². The number of halogens is 4. The number of sulfonamides is 2. The van der Waals surface area contributed by atoms with Gasteiger partial charge in [0, 0.05) is 207 Å². The topological polar surface area (TPSA) is 585 Å². The second kappa shape index (κ2) is 65.8. The van der Waals surface area contributed by atoms with Gasteiger partial charge in [0.2, 0.25) is 39.7 Å². The summed E-state index contributed by atoms with van der Waals surface area (Å²) in [7, 11) is -3.88. The van der Waals surface area contributed by atoms with Crippen molar-refractivity contribution in [3.8, 4) is 0 Å². The number of aliphatic hydroxyl groups is 1. The SMILES string of the molecule is CC(C)(C)OC(=O)NC1CCCCC1.CC(C)(C)OC(=O)NC1CCCN(c2ccnc(Cc3ccccc3[N+](=O)[O-])n2)C1.CC(C)(C)OC(=O)NC1CCCN(c2ccnc(Cl)n2)C1.CCCS(=O)(=O)Cl.CCCS(=O)(=O)NC1CCCN(c2ccnc(Cc3ccccc3N)n2)C1.CCCS(=O)(=O)NC1CCCN(c2ccnc(Cc3ccccc3[N+](=O)[O-])n2)C1.CO.Clc1ccnc(Cl)n1.Nc1ccccc1[N+](=O)[O-].[CH3-].[HH].[Pd]. The largest absolute Gasteiger partial charge is 0.444 e. The van der Waals surface area contributed by atoms with E-state index in [1.54, 1.807) is 92.4 Å². The summed E-state index contributed by atoms with van der Waals surface area (Å²) in [4.78, 5) is 117. The number of nitro groups is 3. The molecule has 4 aliphatic heterocycles. The number of aliphatic hydroxyl groups excluding tert-OH is 1. The first-order valence-corrected chi connectivity index (χ1v) is 55.5. The molecule has 832 valence electrons. The Bertz CT molecular complexity index is 6040. The third-order valence-electron chi connectivity index (χ3n) is 21.7. The smallest absolute Gasteiger partial charge is 0.407 e. The van der Waals surface area contributed by atoms with Crippen LogP contribution in [0, 0.1) is 37.8 Å². The molecule has 43 nitrogen and oxygen atoms in total. The van der Waals surface area contributed by atoms with E-state index >= 15 is 0 Å². The number of hydrogen-bond donors (Lipinski definition) is 8. The van der Waals surface area contributed by atoms with Gasteiger partial charge in [-0.15, -0.1) is 0 Å². The Hall–Kier alpha value is -11.4. The van der Waals surface area contributed by atoms with Gasteiger partial charge in [-0.25, -0.2) is 98.9 Å². The second-order valence-corrected chi connectivity index (χ2v) is 45.4. The minimum absolute atomic E-state index is 0. The molecule has 0 radical (unpaired) electrons. The number of carbonyl (C=O) groups excluding carboxylic acids is 3. The molecule has 4 saturated heterocycles. The summed E-state index contributed by atoms with van der Waals surface area (Å²) in [5.74, 6) is 5.14. The van der Waals surface area contributed by atoms with E-state index in [9.17, 15) is 70.0 Å². The summed E-state index contributed by atoms with van der Waals surface area (Å²) >= 11 is 16.6. The number of rotatable bonds is 26. The van der Waals surface area contributed by atoms with Crippen molar-refractivity contribution in [2.45, 2.75) is 252 Å². The zero-order valence-corrected chi connectivity index (χ0v) is 94.2. The third-order valence-corrected chi connectivity index (χ3v) is 26.9. The van der Waals surface area contributed by atoms with Crippen LogP contribution in [0.25, 0.3) is 0 Å². The Morgan fingerprint density at radius 1 is 0.407 bits per heavy atom. The zero-order chi connectivity index (χ0) is 109. The van der Waals surface area contributed by atoms with E-state index in [-0.39, 0.29) is 129 Å². The van der Waals surface area contributed by atoms with Crippen molar-refractivity contribution in [3.63, 3.8) is 0 Å².